The van der Waals surface area contributed by atoms with E-state index in [0.29, 0.717) is 5.69 Å². The summed E-state index contributed by atoms with van der Waals surface area (Å²) >= 11 is 0. The minimum absolute atomic E-state index is 0.168. The van der Waals surface area contributed by atoms with Crippen LogP contribution in [0.1, 0.15) is 6.42 Å². The van der Waals surface area contributed by atoms with Crippen molar-refractivity contribution in [3.63, 3.8) is 0 Å². The molecule has 2 atom stereocenters. The zero-order valence-electron chi connectivity index (χ0n) is 30.6. The molecule has 0 saturated heterocycles. The van der Waals surface area contributed by atoms with Gasteiger partial charge in [0.2, 0.25) is 6.10 Å². The maximum atomic E-state index is 12.1. The van der Waals surface area contributed by atoms with Crippen LogP contribution in [0.4, 0.5) is 95.3 Å². The third-order valence-corrected chi connectivity index (χ3v) is 12.3. The monoisotopic (exact) mass is 912 g/mol. The molecular weight excluding hydrogens is 874 g/mol. The van der Waals surface area contributed by atoms with E-state index in [-0.39, 0.29) is 6.73 Å². The Bertz CT molecular complexity index is 1530. The van der Waals surface area contributed by atoms with Gasteiger partial charge < -0.3 is 10.1 Å². The van der Waals surface area contributed by atoms with Gasteiger partial charge in [0.15, 0.2) is 6.67 Å². The number of nitrogens with one attached hydrogen (secondary N) is 2. The molecule has 26 heteroatoms. The fourth-order valence-electron chi connectivity index (χ4n) is 3.34. The number of benzene rings is 2. The third kappa shape index (κ3) is 25.6. The SMILES string of the molecule is C=C[Si](C)(C)c1cccc(NC(=O)F)c1.C=C[Si](C)(C)c1cccc(NCOCC(F)(F)F)c1.FCC(F)(F)OC(F)C(F)(F)F.FOC(CC(F)(F)F)C(F)(F)F. The summed E-state index contributed by atoms with van der Waals surface area (Å²) in [7, 11) is -3.30. The topological polar surface area (TPSA) is 68.8 Å². The van der Waals surface area contributed by atoms with Crippen molar-refractivity contribution in [3.8, 4) is 0 Å². The van der Waals surface area contributed by atoms with Crippen molar-refractivity contribution < 1.29 is 98.4 Å². The maximum Gasteiger partial charge on any atom is 0.445 e. The van der Waals surface area contributed by atoms with E-state index < -0.39 is 85.3 Å². The first kappa shape index (κ1) is 56.3. The summed E-state index contributed by atoms with van der Waals surface area (Å²) in [4.78, 5) is 12.4. The summed E-state index contributed by atoms with van der Waals surface area (Å²) in [6.07, 6.45) is -36.6. The van der Waals surface area contributed by atoms with Crippen LogP contribution < -0.4 is 21.0 Å². The van der Waals surface area contributed by atoms with E-state index in [0.717, 1.165) is 10.9 Å². The molecule has 0 bridgehead atoms. The fraction of sp³-hybridized carbons (Fsp3) is 0.469. The maximum absolute atomic E-state index is 12.1. The average Bonchev–Trinajstić information content (AvgIpc) is 3.08. The molecule has 0 aromatic heterocycles. The van der Waals surface area contributed by atoms with Crippen molar-refractivity contribution in [3.05, 3.63) is 73.1 Å². The van der Waals surface area contributed by atoms with Gasteiger partial charge in [-0.3, -0.25) is 10.1 Å². The van der Waals surface area contributed by atoms with Crippen molar-refractivity contribution in [2.75, 3.05) is 30.6 Å². The predicted octanol–water partition coefficient (Wildman–Crippen LogP) is 11.3. The van der Waals surface area contributed by atoms with E-state index in [2.05, 4.69) is 64.4 Å². The quantitative estimate of drug-likeness (QED) is 0.0494. The second kappa shape index (κ2) is 23.7. The Morgan fingerprint density at radius 2 is 1.21 bits per heavy atom. The fourth-order valence-corrected chi connectivity index (χ4v) is 5.91. The Kier molecular flexibility index (Phi) is 23.1. The summed E-state index contributed by atoms with van der Waals surface area (Å²) in [6, 6.07) is 14.9. The molecule has 2 aromatic rings. The minimum Gasteiger partial charge on any atom is -0.363 e. The average molecular weight is 913 g/mol. The molecule has 0 fully saturated rings. The third-order valence-electron chi connectivity index (χ3n) is 6.70. The molecule has 334 valence electrons. The van der Waals surface area contributed by atoms with Gasteiger partial charge in [0.1, 0.15) is 29.5 Å². The number of hydrogen-bond donors (Lipinski definition) is 2. The van der Waals surface area contributed by atoms with Crippen LogP contribution in [0.15, 0.2) is 73.1 Å². The molecule has 0 aliphatic rings. The van der Waals surface area contributed by atoms with Crippen LogP contribution >= 0.6 is 0 Å². The van der Waals surface area contributed by atoms with Crippen molar-refractivity contribution >= 4 is 44.1 Å². The lowest BCUT2D eigenvalue weighted by molar-refractivity contribution is -0.359. The zero-order chi connectivity index (χ0) is 46.0. The van der Waals surface area contributed by atoms with Crippen LogP contribution in [0, 0.1) is 0 Å². The Hall–Kier alpha value is -3.76. The van der Waals surface area contributed by atoms with E-state index >= 15 is 0 Å². The van der Waals surface area contributed by atoms with Crippen molar-refractivity contribution in [2.45, 2.75) is 75.9 Å². The van der Waals surface area contributed by atoms with Crippen LogP contribution in [0.3, 0.4) is 0 Å². The number of anilines is 2. The zero-order valence-corrected chi connectivity index (χ0v) is 32.6. The first-order valence-corrected chi connectivity index (χ1v) is 21.8. The van der Waals surface area contributed by atoms with Crippen molar-refractivity contribution in [2.24, 2.45) is 0 Å². The molecular formula is C32H38F18N2O4Si2. The van der Waals surface area contributed by atoms with Gasteiger partial charge in [-0.25, -0.2) is 13.6 Å². The number of rotatable bonds is 14. The van der Waals surface area contributed by atoms with Gasteiger partial charge >= 0.3 is 37.0 Å². The molecule has 2 N–H and O–H groups in total. The minimum atomic E-state index is -5.57. The summed E-state index contributed by atoms with van der Waals surface area (Å²) in [6.45, 7) is 12.3. The molecule has 0 spiro atoms. The van der Waals surface area contributed by atoms with E-state index in [1.54, 1.807) is 24.3 Å². The highest BCUT2D eigenvalue weighted by molar-refractivity contribution is 6.94. The number of hydrogen-bond acceptors (Lipinski definition) is 5. The van der Waals surface area contributed by atoms with Crippen LogP contribution in [0.5, 0.6) is 0 Å². The van der Waals surface area contributed by atoms with Gasteiger partial charge in [-0.15, -0.1) is 17.5 Å². The largest absolute Gasteiger partial charge is 0.445 e. The molecule has 0 radical (unpaired) electrons. The molecule has 1 amide bonds. The highest BCUT2D eigenvalue weighted by Gasteiger charge is 2.49. The van der Waals surface area contributed by atoms with Gasteiger partial charge in [0.25, 0.3) is 6.36 Å². The molecule has 0 heterocycles. The lowest BCUT2D eigenvalue weighted by Crippen LogP contribution is -2.39. The van der Waals surface area contributed by atoms with E-state index in [4.69, 9.17) is 0 Å². The molecule has 0 aliphatic heterocycles. The Morgan fingerprint density at radius 1 is 0.759 bits per heavy atom. The second-order valence-corrected chi connectivity index (χ2v) is 21.2. The van der Waals surface area contributed by atoms with Crippen LogP contribution in [-0.2, 0) is 14.4 Å². The number of halogens is 18. The second-order valence-electron chi connectivity index (χ2n) is 12.4. The first-order valence-electron chi connectivity index (χ1n) is 15.6. The van der Waals surface area contributed by atoms with Crippen molar-refractivity contribution in [1.82, 2.24) is 0 Å². The van der Waals surface area contributed by atoms with Gasteiger partial charge in [-0.2, -0.15) is 66.4 Å². The summed E-state index contributed by atoms with van der Waals surface area (Å²) in [5.41, 5.74) is 5.15. The van der Waals surface area contributed by atoms with Gasteiger partial charge in [0, 0.05) is 11.4 Å². The van der Waals surface area contributed by atoms with Crippen molar-refractivity contribution in [1.29, 1.82) is 0 Å². The predicted molar refractivity (Wildman–Crippen MR) is 184 cm³/mol. The van der Waals surface area contributed by atoms with Gasteiger partial charge in [-0.05, 0) is 28.8 Å². The molecule has 2 rings (SSSR count). The molecule has 6 nitrogen and oxygen atoms in total. The van der Waals surface area contributed by atoms with Crippen LogP contribution in [0.2, 0.25) is 26.2 Å². The number of alkyl halides is 16. The molecule has 58 heavy (non-hydrogen) atoms. The summed E-state index contributed by atoms with van der Waals surface area (Å²) < 4.78 is 213. The molecule has 2 aromatic carbocycles. The lowest BCUT2D eigenvalue weighted by Gasteiger charge is -2.19. The van der Waals surface area contributed by atoms with E-state index in [1.807, 2.05) is 35.7 Å². The highest BCUT2D eigenvalue weighted by atomic mass is 28.3. The Labute approximate surface area is 322 Å². The number of carbonyl (C=O) groups excluding carboxylic acids is 1. The number of amides is 1. The normalized spacial score (nSPS) is 13.6. The molecule has 0 aliphatic carbocycles. The lowest BCUT2D eigenvalue weighted by atomic mass is 10.2. The number of carbonyl (C=O) groups is 1. The Balaban J connectivity index is 0. The summed E-state index contributed by atoms with van der Waals surface area (Å²) in [5, 5.41) is 7.23. The molecule has 0 saturated carbocycles. The van der Waals surface area contributed by atoms with Crippen LogP contribution in [0.25, 0.3) is 0 Å². The van der Waals surface area contributed by atoms with Crippen LogP contribution in [-0.4, -0.2) is 85.6 Å². The highest BCUT2D eigenvalue weighted by Crippen LogP contribution is 2.33. The Morgan fingerprint density at radius 3 is 1.53 bits per heavy atom. The molecule has 2 unspecified atom stereocenters. The van der Waals surface area contributed by atoms with Gasteiger partial charge in [0.05, 0.1) is 6.42 Å². The first-order chi connectivity index (χ1) is 26.1. The number of ether oxygens (including phenoxy) is 2. The van der Waals surface area contributed by atoms with E-state index in [9.17, 15) is 84.0 Å². The van der Waals surface area contributed by atoms with E-state index in [1.165, 1.54) is 5.19 Å². The smallest absolute Gasteiger partial charge is 0.363 e. The summed E-state index contributed by atoms with van der Waals surface area (Å²) in [5.74, 6) is 0. The van der Waals surface area contributed by atoms with Gasteiger partial charge in [-0.1, -0.05) is 72.2 Å². The standard InChI is InChI=1S/C13H18F3NOSi.C11H14FNOSi.2C4H3F7O/c1-4-19(2,3)12-7-5-6-11(8-12)17-10-18-9-13(14,15)16;1-4-15(2,3)10-7-5-6-9(8-10)13-11(12)14;5-1-3(7,8)12-2(6)4(9,10)11;5-3(6,7)1-2(12-11)4(8,9)10/h4-8,17H,1,9-10H2,2-3H3;4-8H,1H2,2-3H3,(H,13,14);2*2H,1H2.